The van der Waals surface area contributed by atoms with Crippen molar-refractivity contribution in [3.05, 3.63) is 40.4 Å². The molecular formula is C39H43ClF3N7O3S. The number of nitrogens with zero attached hydrogens (tertiary/aromatic N) is 5. The number of rotatable bonds is 6. The molecule has 10 rings (SSSR count). The number of thiophene rings is 1. The van der Waals surface area contributed by atoms with Crippen LogP contribution >= 0.6 is 22.9 Å². The fraction of sp³-hybridized carbons (Fsp3) is 0.538. The molecule has 6 aliphatic rings. The van der Waals surface area contributed by atoms with Crippen molar-refractivity contribution >= 4 is 55.3 Å². The van der Waals surface area contributed by atoms with Gasteiger partial charge < -0.3 is 25.4 Å². The van der Waals surface area contributed by atoms with E-state index in [9.17, 15) is 18.8 Å². The molecule has 3 N–H and O–H groups in total. The Bertz CT molecular complexity index is 2100. The van der Waals surface area contributed by atoms with Crippen LogP contribution in [0.25, 0.3) is 32.1 Å². The summed E-state index contributed by atoms with van der Waals surface area (Å²) in [6.45, 7) is 4.12. The number of alkyl halides is 1. The molecule has 7 atom stereocenters. The molecule has 7 heterocycles. The summed E-state index contributed by atoms with van der Waals surface area (Å²) >= 11 is 7.55. The molecule has 2 bridgehead atoms. The van der Waals surface area contributed by atoms with E-state index < -0.39 is 17.8 Å². The molecule has 54 heavy (non-hydrogen) atoms. The summed E-state index contributed by atoms with van der Waals surface area (Å²) in [5.74, 6) is -0.177. The van der Waals surface area contributed by atoms with Crippen LogP contribution in [0.1, 0.15) is 70.3 Å². The maximum atomic E-state index is 16.3. The van der Waals surface area contributed by atoms with Crippen molar-refractivity contribution in [2.24, 2.45) is 5.92 Å². The number of carbonyl (C=O) groups excluding carboxylic acids is 1. The van der Waals surface area contributed by atoms with Gasteiger partial charge in [-0.25, -0.2) is 13.2 Å². The van der Waals surface area contributed by atoms with Crippen molar-refractivity contribution < 1.29 is 27.4 Å². The fourth-order valence-electron chi connectivity index (χ4n) is 8.95. The Kier molecular flexibility index (Phi) is 10.3. The second-order valence-corrected chi connectivity index (χ2v) is 16.8. The monoisotopic (exact) mass is 781 g/mol. The summed E-state index contributed by atoms with van der Waals surface area (Å²) in [5.41, 5.74) is 6.08. The largest absolute Gasteiger partial charge is 0.474 e. The minimum atomic E-state index is -0.796. The highest BCUT2D eigenvalue weighted by Crippen LogP contribution is 2.46. The van der Waals surface area contributed by atoms with Gasteiger partial charge >= 0.3 is 6.01 Å². The summed E-state index contributed by atoms with van der Waals surface area (Å²) in [5, 5.41) is 13.6. The number of hydrogen-bond acceptors (Lipinski definition) is 10. The Morgan fingerprint density at radius 1 is 1.11 bits per heavy atom. The Morgan fingerprint density at radius 3 is 2.46 bits per heavy atom. The van der Waals surface area contributed by atoms with Gasteiger partial charge in [0.1, 0.15) is 34.7 Å². The molecule has 15 heteroatoms. The number of carbonyl (C=O) groups is 1. The first-order valence-corrected chi connectivity index (χ1v) is 20.0. The lowest BCUT2D eigenvalue weighted by molar-refractivity contribution is -0.123. The minimum absolute atomic E-state index is 0.00558. The van der Waals surface area contributed by atoms with E-state index in [0.29, 0.717) is 25.4 Å². The summed E-state index contributed by atoms with van der Waals surface area (Å²) in [6, 6.07) is 8.51. The predicted molar refractivity (Wildman–Crippen MR) is 203 cm³/mol. The number of amides is 1. The van der Waals surface area contributed by atoms with Crippen LogP contribution < -0.4 is 20.5 Å². The molecule has 5 saturated heterocycles. The van der Waals surface area contributed by atoms with Crippen LogP contribution in [0.15, 0.2) is 18.2 Å². The summed E-state index contributed by atoms with van der Waals surface area (Å²) in [6.07, 6.45) is 9.51. The number of halogens is 4. The SMILES string of the molecule is CC1NC1C1CC1.COc1nc(OC2C[C@H]3CC[C@@H](C2)N3C=O)c2cc(Cl)c(-c3ccc(F)c4sc(N)c(C#N)c34)c(F)c2n1.FC1CC2CCCN2C1. The second kappa shape index (κ2) is 15.0. The minimum Gasteiger partial charge on any atom is -0.474 e. The van der Waals surface area contributed by atoms with E-state index >= 15 is 4.39 Å². The number of ether oxygens (including phenoxy) is 2. The third kappa shape index (κ3) is 7.04. The van der Waals surface area contributed by atoms with E-state index in [1.165, 1.54) is 51.0 Å². The van der Waals surface area contributed by atoms with Gasteiger partial charge in [-0.1, -0.05) is 17.7 Å². The molecule has 2 aromatic heterocycles. The van der Waals surface area contributed by atoms with Crippen molar-refractivity contribution in [3.63, 3.8) is 0 Å². The maximum Gasteiger partial charge on any atom is 0.320 e. The molecule has 10 nitrogen and oxygen atoms in total. The topological polar surface area (TPSA) is 140 Å². The smallest absolute Gasteiger partial charge is 0.320 e. The van der Waals surface area contributed by atoms with Crippen LogP contribution in [0.2, 0.25) is 5.02 Å². The molecule has 1 amide bonds. The molecule has 0 radical (unpaired) electrons. The molecule has 6 fully saturated rings. The molecule has 4 aromatic rings. The van der Waals surface area contributed by atoms with Gasteiger partial charge in [0.2, 0.25) is 12.3 Å². The highest BCUT2D eigenvalue weighted by molar-refractivity contribution is 7.23. The van der Waals surface area contributed by atoms with Crippen molar-refractivity contribution in [3.8, 4) is 29.1 Å². The third-order valence-electron chi connectivity index (χ3n) is 11.8. The predicted octanol–water partition coefficient (Wildman–Crippen LogP) is 7.39. The number of nitrogen functional groups attached to an aromatic ring is 1. The molecule has 0 spiro atoms. The van der Waals surface area contributed by atoms with Gasteiger partial charge in [-0.15, -0.1) is 11.3 Å². The van der Waals surface area contributed by atoms with Crippen LogP contribution in [0.5, 0.6) is 11.9 Å². The first-order valence-electron chi connectivity index (χ1n) is 18.8. The summed E-state index contributed by atoms with van der Waals surface area (Å²) < 4.78 is 55.1. The molecule has 1 saturated carbocycles. The number of nitriles is 1. The number of nitrogens with two attached hydrogens (primary N) is 1. The molecule has 2 aromatic carbocycles. The number of methoxy groups -OCH3 is 1. The van der Waals surface area contributed by atoms with E-state index in [0.717, 1.165) is 61.6 Å². The van der Waals surface area contributed by atoms with Crippen LogP contribution in [-0.2, 0) is 4.79 Å². The fourth-order valence-corrected chi connectivity index (χ4v) is 10.2. The highest BCUT2D eigenvalue weighted by Gasteiger charge is 2.44. The Hall–Kier alpha value is -3.90. The van der Waals surface area contributed by atoms with Gasteiger partial charge in [-0.05, 0) is 82.0 Å². The van der Waals surface area contributed by atoms with Crippen LogP contribution in [-0.4, -0.2) is 88.9 Å². The van der Waals surface area contributed by atoms with Crippen molar-refractivity contribution in [2.75, 3.05) is 25.9 Å². The number of piperidine rings is 1. The molecular weight excluding hydrogens is 739 g/mol. The number of hydrogen-bond donors (Lipinski definition) is 2. The third-order valence-corrected chi connectivity index (χ3v) is 13.2. The normalized spacial score (nSPS) is 28.2. The van der Waals surface area contributed by atoms with Gasteiger partial charge in [0, 0.05) is 60.5 Å². The van der Waals surface area contributed by atoms with E-state index in [1.807, 2.05) is 11.0 Å². The lowest BCUT2D eigenvalue weighted by Crippen LogP contribution is -2.45. The average Bonchev–Trinajstić information content (AvgIpc) is 3.97. The quantitative estimate of drug-likeness (QED) is 0.152. The van der Waals surface area contributed by atoms with Crippen molar-refractivity contribution in [1.82, 2.24) is 25.1 Å². The van der Waals surface area contributed by atoms with Crippen LogP contribution in [0, 0.1) is 28.9 Å². The Morgan fingerprint density at radius 2 is 1.85 bits per heavy atom. The number of benzene rings is 2. The molecule has 286 valence electrons. The van der Waals surface area contributed by atoms with Crippen molar-refractivity contribution in [2.45, 2.75) is 107 Å². The number of anilines is 1. The first-order chi connectivity index (χ1) is 26.1. The van der Waals surface area contributed by atoms with Gasteiger partial charge in [0.15, 0.2) is 5.82 Å². The van der Waals surface area contributed by atoms with E-state index in [4.69, 9.17) is 26.8 Å². The Labute approximate surface area is 320 Å². The molecule has 1 aliphatic carbocycles. The van der Waals surface area contributed by atoms with Gasteiger partial charge in [0.25, 0.3) is 0 Å². The molecule has 5 aliphatic heterocycles. The summed E-state index contributed by atoms with van der Waals surface area (Å²) in [4.78, 5) is 24.1. The Balaban J connectivity index is 0.000000209. The van der Waals surface area contributed by atoms with Crippen molar-refractivity contribution in [1.29, 1.82) is 5.26 Å². The van der Waals surface area contributed by atoms with Crippen LogP contribution in [0.3, 0.4) is 0 Å². The highest BCUT2D eigenvalue weighted by atomic mass is 35.5. The zero-order chi connectivity index (χ0) is 37.8. The van der Waals surface area contributed by atoms with E-state index in [2.05, 4.69) is 27.1 Å². The lowest BCUT2D eigenvalue weighted by atomic mass is 9.97. The van der Waals surface area contributed by atoms with E-state index in [-0.39, 0.29) is 77.8 Å². The lowest BCUT2D eigenvalue weighted by Gasteiger charge is -2.36. The number of aromatic nitrogens is 2. The van der Waals surface area contributed by atoms with E-state index in [1.54, 1.807) is 0 Å². The zero-order valence-electron chi connectivity index (χ0n) is 30.2. The van der Waals surface area contributed by atoms with Gasteiger partial charge in [-0.2, -0.15) is 15.2 Å². The zero-order valence-corrected chi connectivity index (χ0v) is 31.7. The summed E-state index contributed by atoms with van der Waals surface area (Å²) in [7, 11) is 1.36. The first kappa shape index (κ1) is 37.0. The van der Waals surface area contributed by atoms with Crippen LogP contribution in [0.4, 0.5) is 18.2 Å². The number of fused-ring (bicyclic) bond motifs is 5. The standard InChI is InChI=1S/C26H20ClF2N5O3S.C7H12FN.C6H11N/c1-36-26-32-22-15(25(33-26)37-13-6-11-2-3-12(7-13)34(11)10-35)8-17(27)20(21(22)29)14-4-5-18(28)23-19(14)16(9-30)24(31)38-23;8-6-4-7-2-1-3-9(7)5-6;1-4-6(7-4)5-2-3-5/h4-5,8,10-13H,2-3,6-7,31H2,1H3;6-7H,1-5H2;4-7H,2-3H2,1H3/t11-,12+,13?;;. The number of nitrogens with one attached hydrogen (secondary N) is 1. The maximum absolute atomic E-state index is 16.3. The second-order valence-electron chi connectivity index (χ2n) is 15.3. The van der Waals surface area contributed by atoms with Gasteiger partial charge in [-0.3, -0.25) is 9.69 Å². The molecule has 5 unspecified atom stereocenters. The van der Waals surface area contributed by atoms with Gasteiger partial charge in [0.05, 0.1) is 27.8 Å². The average molecular weight is 782 g/mol.